The van der Waals surface area contributed by atoms with Gasteiger partial charge in [-0.2, -0.15) is 5.26 Å². The summed E-state index contributed by atoms with van der Waals surface area (Å²) in [7, 11) is 0. The fourth-order valence-corrected chi connectivity index (χ4v) is 9.18. The number of anilines is 1. The Morgan fingerprint density at radius 2 is 0.963 bits per heavy atom. The zero-order chi connectivity index (χ0) is 35.8. The lowest BCUT2D eigenvalue weighted by Crippen LogP contribution is -2.25. The van der Waals surface area contributed by atoms with Gasteiger partial charge in [0.25, 0.3) is 0 Å². The van der Waals surface area contributed by atoms with Crippen molar-refractivity contribution in [3.63, 3.8) is 0 Å². The van der Waals surface area contributed by atoms with Gasteiger partial charge in [-0.25, -0.2) is 0 Å². The first-order valence-corrected chi connectivity index (χ1v) is 18.4. The van der Waals surface area contributed by atoms with Crippen LogP contribution in [0.1, 0.15) is 39.6 Å². The molecule has 0 saturated carbocycles. The van der Waals surface area contributed by atoms with Gasteiger partial charge in [-0.05, 0) is 102 Å². The minimum Gasteiger partial charge on any atom is -0.464 e. The van der Waals surface area contributed by atoms with Gasteiger partial charge in [-0.15, -0.1) is 0 Å². The average molecular weight is 689 g/mol. The first-order chi connectivity index (χ1) is 26.7. The number of benzene rings is 8. The number of hydrogen-bond acceptors (Lipinski definition) is 3. The van der Waals surface area contributed by atoms with Crippen LogP contribution in [-0.4, -0.2) is 0 Å². The molecule has 1 unspecified atom stereocenters. The van der Waals surface area contributed by atoms with Crippen LogP contribution < -0.4 is 10.1 Å². The molecule has 54 heavy (non-hydrogen) atoms. The standard InChI is InChI=1S/C51H32N2O/c52-31-32-16-18-33(19-17-32)34-20-22-35(23-21-34)38-28-29-47-48(30-38)54-50(53-47)37-26-24-36(25-27-37)39-11-7-15-46-49(39)42-10-3-6-14-45(42)51(46)43-12-4-1-8-40(43)41-9-2-5-13-44(41)51/h1-30,50,53H. The quantitative estimate of drug-likeness (QED) is 0.200. The second-order valence-corrected chi connectivity index (χ2v) is 14.4. The largest absolute Gasteiger partial charge is 0.464 e. The van der Waals surface area contributed by atoms with E-state index in [1.165, 1.54) is 55.6 Å². The lowest BCUT2D eigenvalue weighted by atomic mass is 9.70. The Morgan fingerprint density at radius 1 is 0.463 bits per heavy atom. The van der Waals surface area contributed by atoms with E-state index in [1.807, 2.05) is 24.3 Å². The lowest BCUT2D eigenvalue weighted by molar-refractivity contribution is 0.260. The molecule has 0 aromatic heterocycles. The van der Waals surface area contributed by atoms with Crippen molar-refractivity contribution in [2.24, 2.45) is 0 Å². The van der Waals surface area contributed by atoms with Crippen LogP contribution in [0, 0.1) is 11.3 Å². The molecule has 3 aliphatic rings. The number of fused-ring (bicyclic) bond motifs is 11. The van der Waals surface area contributed by atoms with Crippen molar-refractivity contribution >= 4 is 5.69 Å². The summed E-state index contributed by atoms with van der Waals surface area (Å²) >= 11 is 0. The minimum atomic E-state index is -0.353. The molecule has 8 aromatic carbocycles. The molecular formula is C51H32N2O. The van der Waals surface area contributed by atoms with Gasteiger partial charge in [0.05, 0.1) is 22.7 Å². The van der Waals surface area contributed by atoms with Crippen LogP contribution in [-0.2, 0) is 5.41 Å². The normalized spacial score (nSPS) is 14.9. The van der Waals surface area contributed by atoms with E-state index in [0.29, 0.717) is 5.56 Å². The Kier molecular flexibility index (Phi) is 6.59. The van der Waals surface area contributed by atoms with Gasteiger partial charge in [-0.3, -0.25) is 0 Å². The molecule has 11 rings (SSSR count). The summed E-state index contributed by atoms with van der Waals surface area (Å²) in [6.45, 7) is 0. The maximum atomic E-state index is 9.13. The second kappa shape index (κ2) is 11.7. The fraction of sp³-hybridized carbons (Fsp3) is 0.0392. The third kappa shape index (κ3) is 4.35. The van der Waals surface area contributed by atoms with Gasteiger partial charge in [0.15, 0.2) is 6.23 Å². The zero-order valence-corrected chi connectivity index (χ0v) is 29.3. The van der Waals surface area contributed by atoms with E-state index in [1.54, 1.807) is 0 Å². The number of rotatable bonds is 4. The first kappa shape index (κ1) is 30.5. The zero-order valence-electron chi connectivity index (χ0n) is 29.3. The van der Waals surface area contributed by atoms with Crippen LogP contribution in [0.25, 0.3) is 55.6 Å². The third-order valence-electron chi connectivity index (χ3n) is 11.6. The van der Waals surface area contributed by atoms with Gasteiger partial charge in [0, 0.05) is 5.56 Å². The second-order valence-electron chi connectivity index (χ2n) is 14.4. The maximum Gasteiger partial charge on any atom is 0.196 e. The van der Waals surface area contributed by atoms with Crippen molar-refractivity contribution in [3.8, 4) is 67.5 Å². The molecule has 252 valence electrons. The minimum absolute atomic E-state index is 0.278. The maximum absolute atomic E-state index is 9.13. The molecule has 3 nitrogen and oxygen atoms in total. The summed E-state index contributed by atoms with van der Waals surface area (Å²) in [5.41, 5.74) is 19.9. The van der Waals surface area contributed by atoms with Crippen LogP contribution in [0.4, 0.5) is 5.69 Å². The van der Waals surface area contributed by atoms with Crippen LogP contribution in [0.2, 0.25) is 0 Å². The Hall–Kier alpha value is -7.15. The van der Waals surface area contributed by atoms with Crippen molar-refractivity contribution in [2.45, 2.75) is 11.6 Å². The van der Waals surface area contributed by atoms with Gasteiger partial charge >= 0.3 is 0 Å². The van der Waals surface area contributed by atoms with Crippen molar-refractivity contribution in [2.75, 3.05) is 5.32 Å². The van der Waals surface area contributed by atoms with E-state index in [-0.39, 0.29) is 11.6 Å². The Balaban J connectivity index is 0.903. The monoisotopic (exact) mass is 688 g/mol. The van der Waals surface area contributed by atoms with Crippen molar-refractivity contribution in [1.29, 1.82) is 5.26 Å². The van der Waals surface area contributed by atoms with Gasteiger partial charge in [-0.1, -0.05) is 158 Å². The Labute approximate surface area is 314 Å². The topological polar surface area (TPSA) is 45.0 Å². The fourth-order valence-electron chi connectivity index (χ4n) is 9.18. The Morgan fingerprint density at radius 3 is 1.61 bits per heavy atom. The van der Waals surface area contributed by atoms with Crippen LogP contribution in [0.5, 0.6) is 5.75 Å². The van der Waals surface area contributed by atoms with Crippen molar-refractivity contribution in [1.82, 2.24) is 0 Å². The summed E-state index contributed by atoms with van der Waals surface area (Å²) in [6, 6.07) is 67.4. The molecule has 0 saturated heterocycles. The van der Waals surface area contributed by atoms with E-state index in [9.17, 15) is 0 Å². The molecule has 0 amide bonds. The molecule has 0 bridgehead atoms. The van der Waals surface area contributed by atoms with Crippen molar-refractivity contribution in [3.05, 3.63) is 215 Å². The van der Waals surface area contributed by atoms with E-state index in [4.69, 9.17) is 10.00 Å². The van der Waals surface area contributed by atoms with E-state index in [0.717, 1.165) is 39.3 Å². The molecule has 2 aliphatic carbocycles. The highest BCUT2D eigenvalue weighted by atomic mass is 16.5. The molecule has 1 atom stereocenters. The van der Waals surface area contributed by atoms with Gasteiger partial charge < -0.3 is 10.1 Å². The number of nitrogens with zero attached hydrogens (tertiary/aromatic N) is 1. The highest BCUT2D eigenvalue weighted by molar-refractivity contribution is 5.99. The van der Waals surface area contributed by atoms with Gasteiger partial charge in [0.2, 0.25) is 0 Å². The molecule has 0 radical (unpaired) electrons. The molecule has 1 spiro atoms. The molecular weight excluding hydrogens is 657 g/mol. The molecule has 0 fully saturated rings. The first-order valence-electron chi connectivity index (χ1n) is 18.4. The SMILES string of the molecule is N#Cc1ccc(-c2ccc(-c3ccc4c(c3)OC(c3ccc(-c5cccc6c5-c5ccccc5C65c6ccccc6-c6ccccc65)cc3)N4)cc2)cc1. The van der Waals surface area contributed by atoms with Crippen LogP contribution in [0.3, 0.4) is 0 Å². The van der Waals surface area contributed by atoms with Crippen LogP contribution >= 0.6 is 0 Å². The predicted octanol–water partition coefficient (Wildman–Crippen LogP) is 12.4. The molecule has 1 aliphatic heterocycles. The number of nitriles is 1. The summed E-state index contributed by atoms with van der Waals surface area (Å²) in [5, 5.41) is 12.7. The highest BCUT2D eigenvalue weighted by Crippen LogP contribution is 2.63. The summed E-state index contributed by atoms with van der Waals surface area (Å²) in [5.74, 6) is 0.845. The average Bonchev–Trinajstić information content (AvgIpc) is 3.91. The van der Waals surface area contributed by atoms with E-state index < -0.39 is 0 Å². The molecule has 1 heterocycles. The summed E-state index contributed by atoms with van der Waals surface area (Å²) in [6.07, 6.45) is -0.278. The Bertz CT molecular complexity index is 2780. The van der Waals surface area contributed by atoms with Crippen molar-refractivity contribution < 1.29 is 4.74 Å². The third-order valence-corrected chi connectivity index (χ3v) is 11.6. The highest BCUT2D eigenvalue weighted by Gasteiger charge is 2.51. The molecule has 1 N–H and O–H groups in total. The smallest absolute Gasteiger partial charge is 0.196 e. The number of hydrogen-bond donors (Lipinski definition) is 1. The lowest BCUT2D eigenvalue weighted by Gasteiger charge is -2.30. The van der Waals surface area contributed by atoms with E-state index >= 15 is 0 Å². The van der Waals surface area contributed by atoms with E-state index in [2.05, 4.69) is 169 Å². The van der Waals surface area contributed by atoms with Gasteiger partial charge in [0.1, 0.15) is 5.75 Å². The molecule has 3 heteroatoms. The molecule has 8 aromatic rings. The predicted molar refractivity (Wildman–Crippen MR) is 217 cm³/mol. The summed E-state index contributed by atoms with van der Waals surface area (Å²) in [4.78, 5) is 0. The summed E-state index contributed by atoms with van der Waals surface area (Å²) < 4.78 is 6.53. The number of nitrogens with one attached hydrogen (secondary N) is 1. The van der Waals surface area contributed by atoms with Crippen LogP contribution in [0.15, 0.2) is 182 Å². The number of ether oxygens (including phenoxy) is 1.